The van der Waals surface area contributed by atoms with E-state index in [1.54, 1.807) is 0 Å². The van der Waals surface area contributed by atoms with Gasteiger partial charge < -0.3 is 19.5 Å². The number of fused-ring (bicyclic) bond motifs is 1. The summed E-state index contributed by atoms with van der Waals surface area (Å²) in [6.45, 7) is 8.69. The first kappa shape index (κ1) is 16.4. The molecule has 5 heteroatoms. The molecular formula is C16H24ClNO3. The van der Waals surface area contributed by atoms with Gasteiger partial charge in [-0.15, -0.1) is 0 Å². The second kappa shape index (κ2) is 8.47. The van der Waals surface area contributed by atoms with Gasteiger partial charge in [-0.05, 0) is 23.6 Å². The highest BCUT2D eigenvalue weighted by molar-refractivity contribution is 6.32. The van der Waals surface area contributed by atoms with Crippen LogP contribution in [0.25, 0.3) is 0 Å². The van der Waals surface area contributed by atoms with Crippen molar-refractivity contribution < 1.29 is 14.2 Å². The minimum atomic E-state index is 0.575. The Morgan fingerprint density at radius 1 is 1.29 bits per heavy atom. The van der Waals surface area contributed by atoms with Crippen molar-refractivity contribution in [2.24, 2.45) is 5.92 Å². The van der Waals surface area contributed by atoms with Gasteiger partial charge >= 0.3 is 0 Å². The Morgan fingerprint density at radius 2 is 2.10 bits per heavy atom. The van der Waals surface area contributed by atoms with Gasteiger partial charge in [-0.3, -0.25) is 0 Å². The molecule has 0 saturated carbocycles. The molecule has 0 saturated heterocycles. The van der Waals surface area contributed by atoms with Crippen molar-refractivity contribution in [2.45, 2.75) is 26.8 Å². The van der Waals surface area contributed by atoms with Crippen molar-refractivity contribution in [1.29, 1.82) is 0 Å². The van der Waals surface area contributed by atoms with Crippen molar-refractivity contribution in [3.05, 3.63) is 22.7 Å². The van der Waals surface area contributed by atoms with Gasteiger partial charge in [0.15, 0.2) is 11.5 Å². The van der Waals surface area contributed by atoms with Crippen LogP contribution in [0, 0.1) is 5.92 Å². The summed E-state index contributed by atoms with van der Waals surface area (Å²) in [4.78, 5) is 0. The fraction of sp³-hybridized carbons (Fsp3) is 0.625. The normalized spacial score (nSPS) is 14.3. The Balaban J connectivity index is 1.81. The predicted octanol–water partition coefficient (Wildman–Crippen LogP) is 3.26. The zero-order valence-electron chi connectivity index (χ0n) is 12.8. The fourth-order valence-corrected chi connectivity index (χ4v) is 2.37. The molecule has 118 valence electrons. The van der Waals surface area contributed by atoms with Crippen LogP contribution >= 0.6 is 11.6 Å². The summed E-state index contributed by atoms with van der Waals surface area (Å²) in [6, 6.07) is 3.92. The molecule has 0 spiro atoms. The van der Waals surface area contributed by atoms with Crippen LogP contribution in [0.3, 0.4) is 0 Å². The van der Waals surface area contributed by atoms with Gasteiger partial charge in [-0.25, -0.2) is 0 Å². The monoisotopic (exact) mass is 313 g/mol. The van der Waals surface area contributed by atoms with Crippen LogP contribution in [-0.2, 0) is 11.3 Å². The molecule has 1 aromatic rings. The summed E-state index contributed by atoms with van der Waals surface area (Å²) >= 11 is 6.26. The van der Waals surface area contributed by atoms with E-state index in [0.29, 0.717) is 29.9 Å². The second-order valence-corrected chi connectivity index (χ2v) is 6.01. The largest absolute Gasteiger partial charge is 0.489 e. The van der Waals surface area contributed by atoms with Gasteiger partial charge in [0.05, 0.1) is 24.8 Å². The third kappa shape index (κ3) is 5.38. The van der Waals surface area contributed by atoms with Crippen molar-refractivity contribution in [1.82, 2.24) is 5.32 Å². The van der Waals surface area contributed by atoms with E-state index in [0.717, 1.165) is 44.0 Å². The van der Waals surface area contributed by atoms with Crippen LogP contribution in [0.15, 0.2) is 12.1 Å². The lowest BCUT2D eigenvalue weighted by Gasteiger charge is -2.12. The van der Waals surface area contributed by atoms with E-state index in [4.69, 9.17) is 25.8 Å². The van der Waals surface area contributed by atoms with E-state index in [-0.39, 0.29) is 0 Å². The summed E-state index contributed by atoms with van der Waals surface area (Å²) in [7, 11) is 0. The molecule has 1 aliphatic heterocycles. The average Bonchev–Trinajstić information content (AvgIpc) is 2.68. The van der Waals surface area contributed by atoms with Gasteiger partial charge in [0.2, 0.25) is 0 Å². The lowest BCUT2D eigenvalue weighted by atomic mass is 10.2. The first-order valence-electron chi connectivity index (χ1n) is 7.53. The highest BCUT2D eigenvalue weighted by Gasteiger charge is 2.15. The summed E-state index contributed by atoms with van der Waals surface area (Å²) in [5.74, 6) is 1.98. The Bertz CT molecular complexity index is 451. The van der Waals surface area contributed by atoms with Gasteiger partial charge in [-0.2, -0.15) is 0 Å². The standard InChI is InChI=1S/C16H24ClNO3/c1-12(2)11-19-7-4-18-10-13-8-14(17)16-15(9-13)20-5-3-6-21-16/h8-9,12,18H,3-7,10-11H2,1-2H3. The predicted molar refractivity (Wildman–Crippen MR) is 84.4 cm³/mol. The van der Waals surface area contributed by atoms with E-state index in [9.17, 15) is 0 Å². The summed E-state index contributed by atoms with van der Waals surface area (Å²) < 4.78 is 16.8. The number of halogens is 1. The van der Waals surface area contributed by atoms with Gasteiger partial charge in [0, 0.05) is 26.1 Å². The van der Waals surface area contributed by atoms with Crippen molar-refractivity contribution >= 4 is 11.6 Å². The molecule has 0 unspecified atom stereocenters. The highest BCUT2D eigenvalue weighted by atomic mass is 35.5. The lowest BCUT2D eigenvalue weighted by molar-refractivity contribution is 0.111. The number of benzene rings is 1. The number of ether oxygens (including phenoxy) is 3. The zero-order chi connectivity index (χ0) is 15.1. The first-order valence-corrected chi connectivity index (χ1v) is 7.91. The Kier molecular flexibility index (Phi) is 6.61. The summed E-state index contributed by atoms with van der Waals surface area (Å²) in [5.41, 5.74) is 1.09. The summed E-state index contributed by atoms with van der Waals surface area (Å²) in [6.07, 6.45) is 0.881. The third-order valence-corrected chi connectivity index (χ3v) is 3.35. The van der Waals surface area contributed by atoms with Gasteiger partial charge in [0.25, 0.3) is 0 Å². The minimum absolute atomic E-state index is 0.575. The van der Waals surface area contributed by atoms with Crippen molar-refractivity contribution in [3.63, 3.8) is 0 Å². The van der Waals surface area contributed by atoms with Crippen LogP contribution in [0.4, 0.5) is 0 Å². The van der Waals surface area contributed by atoms with E-state index in [1.165, 1.54) is 0 Å². The molecule has 2 rings (SSSR count). The highest BCUT2D eigenvalue weighted by Crippen LogP contribution is 2.37. The molecule has 21 heavy (non-hydrogen) atoms. The van der Waals surface area contributed by atoms with E-state index < -0.39 is 0 Å². The van der Waals surface area contributed by atoms with Crippen molar-refractivity contribution in [3.8, 4) is 11.5 Å². The first-order chi connectivity index (χ1) is 10.2. The topological polar surface area (TPSA) is 39.7 Å². The molecule has 0 bridgehead atoms. The maximum absolute atomic E-state index is 6.26. The molecule has 4 nitrogen and oxygen atoms in total. The van der Waals surface area contributed by atoms with Crippen LogP contribution in [-0.4, -0.2) is 33.0 Å². The lowest BCUT2D eigenvalue weighted by Crippen LogP contribution is -2.20. The fourth-order valence-electron chi connectivity index (χ4n) is 2.08. The average molecular weight is 314 g/mol. The molecule has 1 aromatic carbocycles. The van der Waals surface area contributed by atoms with Crippen LogP contribution in [0.1, 0.15) is 25.8 Å². The summed E-state index contributed by atoms with van der Waals surface area (Å²) in [5, 5.41) is 3.96. The molecule has 0 aliphatic carbocycles. The maximum Gasteiger partial charge on any atom is 0.179 e. The molecule has 1 heterocycles. The number of hydrogen-bond donors (Lipinski definition) is 1. The van der Waals surface area contributed by atoms with Crippen LogP contribution in [0.5, 0.6) is 11.5 Å². The Labute approximate surface area is 131 Å². The van der Waals surface area contributed by atoms with E-state index in [2.05, 4.69) is 19.2 Å². The molecule has 0 fully saturated rings. The maximum atomic E-state index is 6.26. The molecule has 1 aliphatic rings. The molecule has 1 N–H and O–H groups in total. The number of rotatable bonds is 7. The van der Waals surface area contributed by atoms with E-state index in [1.807, 2.05) is 12.1 Å². The molecule has 0 radical (unpaired) electrons. The Hall–Kier alpha value is -0.970. The zero-order valence-corrected chi connectivity index (χ0v) is 13.5. The molecule has 0 amide bonds. The van der Waals surface area contributed by atoms with Gasteiger partial charge in [0.1, 0.15) is 0 Å². The van der Waals surface area contributed by atoms with E-state index >= 15 is 0 Å². The van der Waals surface area contributed by atoms with Crippen LogP contribution < -0.4 is 14.8 Å². The number of hydrogen-bond acceptors (Lipinski definition) is 4. The third-order valence-electron chi connectivity index (χ3n) is 3.07. The molecule has 0 aromatic heterocycles. The SMILES string of the molecule is CC(C)COCCNCc1cc(Cl)c2c(c1)OCCCO2. The second-order valence-electron chi connectivity index (χ2n) is 5.60. The smallest absolute Gasteiger partial charge is 0.179 e. The molecular weight excluding hydrogens is 290 g/mol. The quantitative estimate of drug-likeness (QED) is 0.784. The molecule has 0 atom stereocenters. The van der Waals surface area contributed by atoms with Gasteiger partial charge in [-0.1, -0.05) is 25.4 Å². The Morgan fingerprint density at radius 3 is 2.90 bits per heavy atom. The van der Waals surface area contributed by atoms with Crippen molar-refractivity contribution in [2.75, 3.05) is 33.0 Å². The van der Waals surface area contributed by atoms with Crippen LogP contribution in [0.2, 0.25) is 5.02 Å². The minimum Gasteiger partial charge on any atom is -0.489 e. The number of nitrogens with one attached hydrogen (secondary N) is 1.